The molecule has 0 saturated carbocycles. The first kappa shape index (κ1) is 17.8. The van der Waals surface area contributed by atoms with Gasteiger partial charge < -0.3 is 5.32 Å². The molecule has 0 atom stereocenters. The van der Waals surface area contributed by atoms with Crippen molar-refractivity contribution in [3.8, 4) is 11.3 Å². The molecular weight excluding hydrogens is 357 g/mol. The van der Waals surface area contributed by atoms with Crippen LogP contribution < -0.4 is 10.9 Å². The lowest BCUT2D eigenvalue weighted by atomic mass is 10.1. The standard InChI is InChI=1S/C19H15ClFN3O2/c20-15-6-4-14(5-7-15)17-8-9-19(26)24(23-17)12-18(25)22-11-13-2-1-3-16(21)10-13/h1-10H,11-12H2,(H,22,25). The Labute approximate surface area is 154 Å². The van der Waals surface area contributed by atoms with Crippen molar-refractivity contribution < 1.29 is 9.18 Å². The number of hydrogen-bond acceptors (Lipinski definition) is 3. The first-order valence-electron chi connectivity index (χ1n) is 7.86. The summed E-state index contributed by atoms with van der Waals surface area (Å²) in [7, 11) is 0. The number of nitrogens with one attached hydrogen (secondary N) is 1. The summed E-state index contributed by atoms with van der Waals surface area (Å²) >= 11 is 5.87. The van der Waals surface area contributed by atoms with Gasteiger partial charge in [-0.15, -0.1) is 0 Å². The van der Waals surface area contributed by atoms with E-state index in [1.807, 2.05) is 0 Å². The fraction of sp³-hybridized carbons (Fsp3) is 0.105. The predicted octanol–water partition coefficient (Wildman–Crippen LogP) is 3.02. The van der Waals surface area contributed by atoms with Crippen LogP contribution in [0.25, 0.3) is 11.3 Å². The number of amides is 1. The van der Waals surface area contributed by atoms with Gasteiger partial charge in [-0.1, -0.05) is 35.9 Å². The van der Waals surface area contributed by atoms with Gasteiger partial charge in [-0.25, -0.2) is 9.07 Å². The van der Waals surface area contributed by atoms with Crippen molar-refractivity contribution >= 4 is 17.5 Å². The van der Waals surface area contributed by atoms with Crippen molar-refractivity contribution in [2.24, 2.45) is 0 Å². The van der Waals surface area contributed by atoms with E-state index in [1.165, 1.54) is 18.2 Å². The lowest BCUT2D eigenvalue weighted by Crippen LogP contribution is -2.33. The average molecular weight is 372 g/mol. The molecule has 0 aliphatic heterocycles. The van der Waals surface area contributed by atoms with Crippen LogP contribution in [0.1, 0.15) is 5.56 Å². The second-order valence-electron chi connectivity index (χ2n) is 5.63. The van der Waals surface area contributed by atoms with E-state index in [0.717, 1.165) is 10.2 Å². The minimum absolute atomic E-state index is 0.169. The van der Waals surface area contributed by atoms with Crippen molar-refractivity contribution in [2.75, 3.05) is 0 Å². The number of halogens is 2. The third-order valence-electron chi connectivity index (χ3n) is 3.68. The smallest absolute Gasteiger partial charge is 0.267 e. The third-order valence-corrected chi connectivity index (χ3v) is 3.93. The van der Waals surface area contributed by atoms with Crippen LogP contribution in [0, 0.1) is 5.82 Å². The second kappa shape index (κ2) is 7.93. The molecule has 0 saturated heterocycles. The molecular formula is C19H15ClFN3O2. The summed E-state index contributed by atoms with van der Waals surface area (Å²) in [5.41, 5.74) is 1.58. The topological polar surface area (TPSA) is 64.0 Å². The van der Waals surface area contributed by atoms with Crippen molar-refractivity contribution in [3.63, 3.8) is 0 Å². The Morgan fingerprint density at radius 3 is 2.62 bits per heavy atom. The number of carbonyl (C=O) groups excluding carboxylic acids is 1. The zero-order chi connectivity index (χ0) is 18.5. The van der Waals surface area contributed by atoms with Gasteiger partial charge in [0, 0.05) is 23.2 Å². The molecule has 132 valence electrons. The lowest BCUT2D eigenvalue weighted by Gasteiger charge is -2.08. The van der Waals surface area contributed by atoms with Crippen LogP contribution in [0.3, 0.4) is 0 Å². The van der Waals surface area contributed by atoms with Gasteiger partial charge in [0.25, 0.3) is 5.56 Å². The Kier molecular flexibility index (Phi) is 5.43. The van der Waals surface area contributed by atoms with Gasteiger partial charge >= 0.3 is 0 Å². The second-order valence-corrected chi connectivity index (χ2v) is 6.06. The van der Waals surface area contributed by atoms with E-state index >= 15 is 0 Å². The summed E-state index contributed by atoms with van der Waals surface area (Å²) in [6, 6.07) is 15.9. The molecule has 0 unspecified atom stereocenters. The fourth-order valence-electron chi connectivity index (χ4n) is 2.38. The minimum Gasteiger partial charge on any atom is -0.350 e. The zero-order valence-corrected chi connectivity index (χ0v) is 14.4. The highest BCUT2D eigenvalue weighted by atomic mass is 35.5. The van der Waals surface area contributed by atoms with Crippen molar-refractivity contribution in [2.45, 2.75) is 13.1 Å². The summed E-state index contributed by atoms with van der Waals surface area (Å²) in [6.45, 7) is -0.0577. The van der Waals surface area contributed by atoms with E-state index in [0.29, 0.717) is 16.3 Å². The molecule has 0 fully saturated rings. The average Bonchev–Trinajstić information content (AvgIpc) is 2.63. The summed E-state index contributed by atoms with van der Waals surface area (Å²) < 4.78 is 14.2. The van der Waals surface area contributed by atoms with Gasteiger partial charge in [-0.3, -0.25) is 9.59 Å². The van der Waals surface area contributed by atoms with Gasteiger partial charge in [0.2, 0.25) is 5.91 Å². The molecule has 1 heterocycles. The maximum atomic E-state index is 13.1. The van der Waals surface area contributed by atoms with E-state index in [9.17, 15) is 14.0 Å². The minimum atomic E-state index is -0.392. The molecule has 0 bridgehead atoms. The van der Waals surface area contributed by atoms with E-state index in [2.05, 4.69) is 10.4 Å². The molecule has 5 nitrogen and oxygen atoms in total. The molecule has 7 heteroatoms. The van der Waals surface area contributed by atoms with E-state index in [4.69, 9.17) is 11.6 Å². The molecule has 1 N–H and O–H groups in total. The molecule has 0 spiro atoms. The van der Waals surface area contributed by atoms with Gasteiger partial charge in [0.05, 0.1) is 5.69 Å². The first-order chi connectivity index (χ1) is 12.5. The molecule has 0 radical (unpaired) electrons. The molecule has 3 aromatic rings. The van der Waals surface area contributed by atoms with Gasteiger partial charge in [0.15, 0.2) is 0 Å². The molecule has 26 heavy (non-hydrogen) atoms. The molecule has 2 aromatic carbocycles. The van der Waals surface area contributed by atoms with Crippen molar-refractivity contribution in [3.05, 3.63) is 87.4 Å². The number of carbonyl (C=O) groups is 1. The number of rotatable bonds is 5. The van der Waals surface area contributed by atoms with Crippen LogP contribution in [-0.4, -0.2) is 15.7 Å². The quantitative estimate of drug-likeness (QED) is 0.749. The number of hydrogen-bond donors (Lipinski definition) is 1. The summed E-state index contributed by atoms with van der Waals surface area (Å²) in [4.78, 5) is 24.1. The van der Waals surface area contributed by atoms with Crippen LogP contribution in [0.4, 0.5) is 4.39 Å². The third kappa shape index (κ3) is 4.55. The van der Waals surface area contributed by atoms with Crippen LogP contribution in [0.5, 0.6) is 0 Å². The molecule has 1 aromatic heterocycles. The highest BCUT2D eigenvalue weighted by Gasteiger charge is 2.08. The highest BCUT2D eigenvalue weighted by Crippen LogP contribution is 2.18. The Morgan fingerprint density at radius 1 is 1.12 bits per heavy atom. The maximum Gasteiger partial charge on any atom is 0.267 e. The van der Waals surface area contributed by atoms with Gasteiger partial charge in [0.1, 0.15) is 12.4 Å². The van der Waals surface area contributed by atoms with Crippen LogP contribution in [-0.2, 0) is 17.9 Å². The highest BCUT2D eigenvalue weighted by molar-refractivity contribution is 6.30. The maximum absolute atomic E-state index is 13.1. The Bertz CT molecular complexity index is 987. The fourth-order valence-corrected chi connectivity index (χ4v) is 2.50. The number of aromatic nitrogens is 2. The monoisotopic (exact) mass is 371 g/mol. The Hall–Kier alpha value is -2.99. The summed E-state index contributed by atoms with van der Waals surface area (Å²) in [5.74, 6) is -0.762. The largest absolute Gasteiger partial charge is 0.350 e. The predicted molar refractivity (Wildman–Crippen MR) is 97.2 cm³/mol. The molecule has 1 amide bonds. The molecule has 0 aliphatic carbocycles. The lowest BCUT2D eigenvalue weighted by molar-refractivity contribution is -0.122. The van der Waals surface area contributed by atoms with Crippen LogP contribution >= 0.6 is 11.6 Å². The Morgan fingerprint density at radius 2 is 1.88 bits per heavy atom. The SMILES string of the molecule is O=C(Cn1nc(-c2ccc(Cl)cc2)ccc1=O)NCc1cccc(F)c1. The van der Waals surface area contributed by atoms with Gasteiger partial charge in [-0.2, -0.15) is 5.10 Å². The summed E-state index contributed by atoms with van der Waals surface area (Å²) in [5, 5.41) is 7.46. The van der Waals surface area contributed by atoms with Crippen molar-refractivity contribution in [1.82, 2.24) is 15.1 Å². The number of nitrogens with zero attached hydrogens (tertiary/aromatic N) is 2. The summed E-state index contributed by atoms with van der Waals surface area (Å²) in [6.07, 6.45) is 0. The molecule has 3 rings (SSSR count). The van der Waals surface area contributed by atoms with Crippen LogP contribution in [0.2, 0.25) is 5.02 Å². The van der Waals surface area contributed by atoms with E-state index in [-0.39, 0.29) is 24.5 Å². The van der Waals surface area contributed by atoms with Crippen LogP contribution in [0.15, 0.2) is 65.5 Å². The number of benzene rings is 2. The van der Waals surface area contributed by atoms with E-state index < -0.39 is 5.91 Å². The molecule has 0 aliphatic rings. The van der Waals surface area contributed by atoms with Gasteiger partial charge in [-0.05, 0) is 35.9 Å². The van der Waals surface area contributed by atoms with Crippen molar-refractivity contribution in [1.29, 1.82) is 0 Å². The first-order valence-corrected chi connectivity index (χ1v) is 8.24. The zero-order valence-electron chi connectivity index (χ0n) is 13.7. The Balaban J connectivity index is 1.70. The normalized spacial score (nSPS) is 10.5. The van der Waals surface area contributed by atoms with E-state index in [1.54, 1.807) is 42.5 Å².